The van der Waals surface area contributed by atoms with Crippen molar-refractivity contribution in [2.75, 3.05) is 5.73 Å². The van der Waals surface area contributed by atoms with E-state index in [1.807, 2.05) is 0 Å². The SMILES string of the molecule is NC(=O)Cn1ccc(N)n1. The molecule has 0 aliphatic rings. The molecule has 0 atom stereocenters. The molecule has 5 heteroatoms. The van der Waals surface area contributed by atoms with Gasteiger partial charge in [0.2, 0.25) is 5.91 Å². The molecule has 5 nitrogen and oxygen atoms in total. The lowest BCUT2D eigenvalue weighted by Crippen LogP contribution is -2.18. The van der Waals surface area contributed by atoms with Crippen molar-refractivity contribution >= 4 is 11.7 Å². The first-order chi connectivity index (χ1) is 4.68. The van der Waals surface area contributed by atoms with E-state index < -0.39 is 5.91 Å². The molecule has 4 N–H and O–H groups in total. The van der Waals surface area contributed by atoms with Crippen LogP contribution in [-0.2, 0) is 11.3 Å². The number of hydrogen-bond acceptors (Lipinski definition) is 3. The monoisotopic (exact) mass is 140 g/mol. The average Bonchev–Trinajstić information content (AvgIpc) is 2.13. The number of rotatable bonds is 2. The van der Waals surface area contributed by atoms with E-state index in [0.717, 1.165) is 0 Å². The van der Waals surface area contributed by atoms with Crippen molar-refractivity contribution < 1.29 is 4.79 Å². The van der Waals surface area contributed by atoms with Gasteiger partial charge < -0.3 is 11.5 Å². The molecule has 1 amide bonds. The van der Waals surface area contributed by atoms with Gasteiger partial charge in [0.05, 0.1) is 0 Å². The molecule has 1 rings (SSSR count). The van der Waals surface area contributed by atoms with E-state index in [1.54, 1.807) is 12.3 Å². The van der Waals surface area contributed by atoms with Crippen molar-refractivity contribution in [3.63, 3.8) is 0 Å². The number of aromatic nitrogens is 2. The summed E-state index contributed by atoms with van der Waals surface area (Å²) in [7, 11) is 0. The van der Waals surface area contributed by atoms with Crippen LogP contribution in [0.3, 0.4) is 0 Å². The Morgan fingerprint density at radius 3 is 2.90 bits per heavy atom. The fourth-order valence-electron chi connectivity index (χ4n) is 0.625. The first kappa shape index (κ1) is 6.60. The summed E-state index contributed by atoms with van der Waals surface area (Å²) < 4.78 is 1.39. The zero-order valence-corrected chi connectivity index (χ0v) is 5.32. The van der Waals surface area contributed by atoms with Crippen LogP contribution in [0.25, 0.3) is 0 Å². The predicted octanol–water partition coefficient (Wildman–Crippen LogP) is -1.05. The largest absolute Gasteiger partial charge is 0.382 e. The van der Waals surface area contributed by atoms with E-state index in [9.17, 15) is 4.79 Å². The van der Waals surface area contributed by atoms with Crippen molar-refractivity contribution in [1.29, 1.82) is 0 Å². The van der Waals surface area contributed by atoms with Crippen LogP contribution in [0.2, 0.25) is 0 Å². The quantitative estimate of drug-likeness (QED) is 0.549. The number of carbonyl (C=O) groups is 1. The van der Waals surface area contributed by atoms with E-state index in [4.69, 9.17) is 11.5 Å². The molecule has 10 heavy (non-hydrogen) atoms. The number of nitrogen functional groups attached to an aromatic ring is 1. The summed E-state index contributed by atoms with van der Waals surface area (Å²) in [5.74, 6) is -0.0376. The lowest BCUT2D eigenvalue weighted by atomic mass is 10.6. The third-order valence-corrected chi connectivity index (χ3v) is 0.979. The normalized spacial score (nSPS) is 9.60. The zero-order chi connectivity index (χ0) is 7.56. The Labute approximate surface area is 57.6 Å². The molecule has 0 aromatic carbocycles. The number of hydrogen-bond donors (Lipinski definition) is 2. The Bertz CT molecular complexity index is 242. The zero-order valence-electron chi connectivity index (χ0n) is 5.32. The maximum Gasteiger partial charge on any atom is 0.239 e. The summed E-state index contributed by atoms with van der Waals surface area (Å²) in [6.07, 6.45) is 1.60. The number of anilines is 1. The molecular formula is C5H8N4O. The number of amides is 1. The minimum Gasteiger partial charge on any atom is -0.382 e. The molecule has 1 heterocycles. The molecule has 54 valence electrons. The summed E-state index contributed by atoms with van der Waals surface area (Å²) in [5.41, 5.74) is 10.2. The maximum absolute atomic E-state index is 10.3. The van der Waals surface area contributed by atoms with Gasteiger partial charge in [0, 0.05) is 6.20 Å². The summed E-state index contributed by atoms with van der Waals surface area (Å²) in [6, 6.07) is 1.60. The number of carbonyl (C=O) groups excluding carboxylic acids is 1. The highest BCUT2D eigenvalue weighted by molar-refractivity contribution is 5.73. The molecule has 0 radical (unpaired) electrons. The highest BCUT2D eigenvalue weighted by atomic mass is 16.1. The average molecular weight is 140 g/mol. The molecular weight excluding hydrogens is 132 g/mol. The smallest absolute Gasteiger partial charge is 0.239 e. The minimum atomic E-state index is -0.428. The first-order valence-electron chi connectivity index (χ1n) is 2.76. The fraction of sp³-hybridized carbons (Fsp3) is 0.200. The van der Waals surface area contributed by atoms with Crippen molar-refractivity contribution in [2.24, 2.45) is 5.73 Å². The summed E-state index contributed by atoms with van der Waals surface area (Å²) >= 11 is 0. The van der Waals surface area contributed by atoms with Crippen LogP contribution in [0, 0.1) is 0 Å². The number of nitrogens with zero attached hydrogens (tertiary/aromatic N) is 2. The molecule has 0 fully saturated rings. The van der Waals surface area contributed by atoms with Crippen LogP contribution in [0.1, 0.15) is 0 Å². The first-order valence-corrected chi connectivity index (χ1v) is 2.76. The second kappa shape index (κ2) is 2.38. The van der Waals surface area contributed by atoms with Crippen molar-refractivity contribution in [2.45, 2.75) is 6.54 Å². The van der Waals surface area contributed by atoms with E-state index in [1.165, 1.54) is 4.68 Å². The van der Waals surface area contributed by atoms with Gasteiger partial charge in [-0.15, -0.1) is 0 Å². The standard InChI is InChI=1S/C5H8N4O/c6-4-1-2-9(8-4)3-5(7)10/h1-2H,3H2,(H2,6,8)(H2,7,10). The molecule has 1 aromatic rings. The molecule has 0 spiro atoms. The van der Waals surface area contributed by atoms with Crippen molar-refractivity contribution in [1.82, 2.24) is 9.78 Å². The second-order valence-electron chi connectivity index (χ2n) is 1.90. The minimum absolute atomic E-state index is 0.0806. The number of nitrogens with two attached hydrogens (primary N) is 2. The lowest BCUT2D eigenvalue weighted by molar-refractivity contribution is -0.118. The van der Waals surface area contributed by atoms with Crippen LogP contribution in [0.15, 0.2) is 12.3 Å². The van der Waals surface area contributed by atoms with Gasteiger partial charge in [0.15, 0.2) is 0 Å². The summed E-state index contributed by atoms with van der Waals surface area (Å²) in [4.78, 5) is 10.3. The Morgan fingerprint density at radius 1 is 1.80 bits per heavy atom. The maximum atomic E-state index is 10.3. The molecule has 0 saturated heterocycles. The Kier molecular flexibility index (Phi) is 1.57. The highest BCUT2D eigenvalue weighted by Gasteiger charge is 1.96. The highest BCUT2D eigenvalue weighted by Crippen LogP contribution is 1.93. The lowest BCUT2D eigenvalue weighted by Gasteiger charge is -1.93. The molecule has 0 bridgehead atoms. The van der Waals surface area contributed by atoms with Gasteiger partial charge in [-0.05, 0) is 6.07 Å². The third kappa shape index (κ3) is 1.48. The topological polar surface area (TPSA) is 86.9 Å². The predicted molar refractivity (Wildman–Crippen MR) is 35.8 cm³/mol. The summed E-state index contributed by atoms with van der Waals surface area (Å²) in [6.45, 7) is 0.0806. The van der Waals surface area contributed by atoms with Crippen molar-refractivity contribution in [3.8, 4) is 0 Å². The van der Waals surface area contributed by atoms with Gasteiger partial charge in [0.1, 0.15) is 12.4 Å². The molecule has 0 aliphatic heterocycles. The van der Waals surface area contributed by atoms with Crippen LogP contribution in [0.4, 0.5) is 5.82 Å². The van der Waals surface area contributed by atoms with Crippen LogP contribution >= 0.6 is 0 Å². The number of primary amides is 1. The van der Waals surface area contributed by atoms with Gasteiger partial charge in [0.25, 0.3) is 0 Å². The van der Waals surface area contributed by atoms with Gasteiger partial charge in [-0.2, -0.15) is 5.10 Å². The third-order valence-electron chi connectivity index (χ3n) is 0.979. The van der Waals surface area contributed by atoms with Crippen LogP contribution < -0.4 is 11.5 Å². The van der Waals surface area contributed by atoms with Gasteiger partial charge in [-0.25, -0.2) is 0 Å². The van der Waals surface area contributed by atoms with Gasteiger partial charge >= 0.3 is 0 Å². The van der Waals surface area contributed by atoms with Gasteiger partial charge in [-0.1, -0.05) is 0 Å². The van der Waals surface area contributed by atoms with Crippen LogP contribution in [-0.4, -0.2) is 15.7 Å². The van der Waals surface area contributed by atoms with E-state index in [0.29, 0.717) is 5.82 Å². The Morgan fingerprint density at radius 2 is 2.50 bits per heavy atom. The second-order valence-corrected chi connectivity index (χ2v) is 1.90. The fourth-order valence-corrected chi connectivity index (χ4v) is 0.625. The molecule has 0 unspecified atom stereocenters. The Hall–Kier alpha value is -1.52. The van der Waals surface area contributed by atoms with Gasteiger partial charge in [-0.3, -0.25) is 9.48 Å². The molecule has 0 saturated carbocycles. The van der Waals surface area contributed by atoms with E-state index in [2.05, 4.69) is 5.10 Å². The van der Waals surface area contributed by atoms with Crippen LogP contribution in [0.5, 0.6) is 0 Å². The molecule has 0 aliphatic carbocycles. The van der Waals surface area contributed by atoms with Crippen molar-refractivity contribution in [3.05, 3.63) is 12.3 Å². The summed E-state index contributed by atoms with van der Waals surface area (Å²) in [5, 5.41) is 3.74. The van der Waals surface area contributed by atoms with E-state index >= 15 is 0 Å². The molecule has 1 aromatic heterocycles. The van der Waals surface area contributed by atoms with E-state index in [-0.39, 0.29) is 6.54 Å². The Balaban J connectivity index is 2.67.